The number of nitrogens with one attached hydrogen (secondary N) is 3. The predicted molar refractivity (Wildman–Crippen MR) is 242 cm³/mol. The van der Waals surface area contributed by atoms with Gasteiger partial charge in [0.05, 0.1) is 24.1 Å². The lowest BCUT2D eigenvalue weighted by molar-refractivity contribution is -0.152. The number of benzene rings is 2. The zero-order chi connectivity index (χ0) is 48.3. The lowest BCUT2D eigenvalue weighted by atomic mass is 9.88. The highest BCUT2D eigenvalue weighted by atomic mass is 32.2. The molecule has 1 aromatic heterocycles. The Labute approximate surface area is 388 Å². The largest absolute Gasteiger partial charge is 0.497 e. The molecule has 2 saturated carbocycles. The minimum Gasteiger partial charge on any atom is -0.497 e. The molecule has 2 aromatic carbocycles. The summed E-state index contributed by atoms with van der Waals surface area (Å²) in [5.74, 6) is -5.02. The molecule has 2 aliphatic carbocycles. The molecule has 3 aromatic rings. The van der Waals surface area contributed by atoms with E-state index in [2.05, 4.69) is 15.4 Å². The van der Waals surface area contributed by atoms with Crippen molar-refractivity contribution in [1.82, 2.24) is 25.2 Å². The number of rotatable bonds is 10. The number of sulfonamides is 1. The monoisotopic (exact) mass is 951 g/mol. The number of nitrogens with zero attached hydrogens (tertiary/aromatic N) is 2. The number of fused-ring (bicyclic) bond motifs is 4. The van der Waals surface area contributed by atoms with E-state index in [0.717, 1.165) is 13.8 Å². The topological polar surface area (TPSA) is 201 Å². The summed E-state index contributed by atoms with van der Waals surface area (Å²) in [6, 6.07) is 10.00. The van der Waals surface area contributed by atoms with Gasteiger partial charge < -0.3 is 39.2 Å². The van der Waals surface area contributed by atoms with Crippen molar-refractivity contribution < 1.29 is 60.1 Å². The first-order valence-corrected chi connectivity index (χ1v) is 24.3. The standard InChI is InChI=1S/C48H59F2N5O11S/c1-27-10-8-9-11-31-25-48(31,43(58)54-67(60,61)46(5)16-17-46)53-40(56)36-24-33(26-55(36)42(57)39(28(2)20-27)52-44(59)66-45(3,4)47(6,49)50)65-41-34-14-13-32(62-7)21-30(34)22-35(51-41)29-12-15-37-38(23-29)64-19-18-63-37/h9,11-15,21-23,27-28,31,33,36,39H,8,10,16-20,24-26H2,1-7H3,(H,52,59)(H,53,56)(H,54,58). The molecule has 4 amide bonds. The average molecular weight is 952 g/mol. The van der Waals surface area contributed by atoms with Gasteiger partial charge in [-0.25, -0.2) is 27.0 Å². The summed E-state index contributed by atoms with van der Waals surface area (Å²) in [5.41, 5.74) is -2.69. The molecule has 5 aliphatic rings. The van der Waals surface area contributed by atoms with Crippen LogP contribution < -0.4 is 34.3 Å². The van der Waals surface area contributed by atoms with Crippen LogP contribution in [0.2, 0.25) is 0 Å². The third kappa shape index (κ3) is 9.70. The summed E-state index contributed by atoms with van der Waals surface area (Å²) in [4.78, 5) is 63.8. The van der Waals surface area contributed by atoms with Crippen LogP contribution in [0.15, 0.2) is 54.6 Å². The van der Waals surface area contributed by atoms with E-state index in [9.17, 15) is 31.6 Å². The van der Waals surface area contributed by atoms with Crippen molar-refractivity contribution in [2.45, 2.75) is 126 Å². The van der Waals surface area contributed by atoms with Crippen LogP contribution in [0.4, 0.5) is 13.6 Å². The fraction of sp³-hybridized carbons (Fsp3) is 0.562. The Kier molecular flexibility index (Phi) is 12.6. The van der Waals surface area contributed by atoms with Gasteiger partial charge in [-0.1, -0.05) is 26.0 Å². The minimum absolute atomic E-state index is 0.00400. The number of hydrogen-bond donors (Lipinski definition) is 3. The number of ether oxygens (including phenoxy) is 5. The van der Waals surface area contributed by atoms with Crippen molar-refractivity contribution in [2.24, 2.45) is 17.8 Å². The first-order valence-electron chi connectivity index (χ1n) is 22.8. The molecule has 67 heavy (non-hydrogen) atoms. The minimum atomic E-state index is -4.09. The Morgan fingerprint density at radius 1 is 1.00 bits per heavy atom. The van der Waals surface area contributed by atoms with Crippen molar-refractivity contribution in [2.75, 3.05) is 26.9 Å². The molecular formula is C48H59F2N5O11S. The van der Waals surface area contributed by atoms with E-state index in [-0.39, 0.29) is 31.2 Å². The summed E-state index contributed by atoms with van der Waals surface area (Å²) in [5, 5.41) is 6.74. The molecule has 4 heterocycles. The van der Waals surface area contributed by atoms with E-state index in [4.69, 9.17) is 28.7 Å². The Hall–Kier alpha value is -5.72. The SMILES string of the molecule is COc1ccc2c(OC3CC4C(=O)NC5(C(=O)NS(=O)(=O)C6(C)CC6)CC5C=CCCC(C)CC(C)C(NC(=O)OC(C)(C)C(C)(F)F)C(=O)N4C3)nc(-c3ccc4c(c3)OCCO4)cc2c1. The van der Waals surface area contributed by atoms with Gasteiger partial charge in [-0.2, -0.15) is 0 Å². The highest BCUT2D eigenvalue weighted by Gasteiger charge is 2.63. The molecule has 0 radical (unpaired) electrons. The third-order valence-corrected chi connectivity index (χ3v) is 16.2. The zero-order valence-electron chi connectivity index (χ0n) is 38.8. The van der Waals surface area contributed by atoms with E-state index in [1.165, 1.54) is 4.90 Å². The molecule has 7 unspecified atom stereocenters. The molecule has 16 nitrogen and oxygen atoms in total. The molecule has 3 fully saturated rings. The van der Waals surface area contributed by atoms with Gasteiger partial charge in [0.2, 0.25) is 27.7 Å². The van der Waals surface area contributed by atoms with Gasteiger partial charge in [0, 0.05) is 30.2 Å². The molecule has 1 saturated heterocycles. The van der Waals surface area contributed by atoms with Crippen molar-refractivity contribution in [3.8, 4) is 34.4 Å². The number of carbonyl (C=O) groups is 4. The molecule has 7 atom stereocenters. The molecule has 3 aliphatic heterocycles. The summed E-state index contributed by atoms with van der Waals surface area (Å²) in [7, 11) is -2.54. The van der Waals surface area contributed by atoms with E-state index >= 15 is 4.79 Å². The van der Waals surface area contributed by atoms with Gasteiger partial charge >= 0.3 is 6.09 Å². The predicted octanol–water partition coefficient (Wildman–Crippen LogP) is 6.44. The first-order chi connectivity index (χ1) is 31.5. The number of carbonyl (C=O) groups excluding carboxylic acids is 4. The number of allylic oxidation sites excluding steroid dienone is 1. The second-order valence-corrected chi connectivity index (χ2v) is 21.8. The normalized spacial score (nSPS) is 27.3. The maximum absolute atomic E-state index is 15.1. The average Bonchev–Trinajstić information content (AvgIpc) is 4.15. The number of hydrogen-bond acceptors (Lipinski definition) is 12. The lowest BCUT2D eigenvalue weighted by Crippen LogP contribution is -2.59. The molecule has 0 bridgehead atoms. The number of alkyl halides is 2. The van der Waals surface area contributed by atoms with Crippen LogP contribution >= 0.6 is 0 Å². The van der Waals surface area contributed by atoms with E-state index < -0.39 is 85.7 Å². The first kappa shape index (κ1) is 47.8. The fourth-order valence-electron chi connectivity index (χ4n) is 9.00. The zero-order valence-corrected chi connectivity index (χ0v) is 39.6. The number of amides is 4. The lowest BCUT2D eigenvalue weighted by Gasteiger charge is -2.35. The van der Waals surface area contributed by atoms with Crippen LogP contribution in [0.25, 0.3) is 22.0 Å². The Balaban J connectivity index is 1.16. The maximum Gasteiger partial charge on any atom is 0.408 e. The molecule has 0 spiro atoms. The third-order valence-electron chi connectivity index (χ3n) is 14.0. The van der Waals surface area contributed by atoms with Crippen molar-refractivity contribution in [1.29, 1.82) is 0 Å². The van der Waals surface area contributed by atoms with Crippen LogP contribution in [0.1, 0.15) is 86.5 Å². The number of methoxy groups -OCH3 is 1. The summed E-state index contributed by atoms with van der Waals surface area (Å²) in [6.45, 7) is 8.65. The van der Waals surface area contributed by atoms with Crippen molar-refractivity contribution in [3.63, 3.8) is 0 Å². The van der Waals surface area contributed by atoms with Gasteiger partial charge in [-0.3, -0.25) is 19.1 Å². The van der Waals surface area contributed by atoms with E-state index in [1.54, 1.807) is 39.2 Å². The number of halogens is 2. The van der Waals surface area contributed by atoms with Crippen LogP contribution in [0, 0.1) is 17.8 Å². The van der Waals surface area contributed by atoms with Gasteiger partial charge in [-0.15, -0.1) is 0 Å². The molecule has 19 heteroatoms. The Morgan fingerprint density at radius 2 is 1.73 bits per heavy atom. The number of pyridine rings is 1. The highest BCUT2D eigenvalue weighted by Crippen LogP contribution is 2.48. The molecule has 8 rings (SSSR count). The fourth-order valence-corrected chi connectivity index (χ4v) is 10.3. The molecule has 362 valence electrons. The summed E-state index contributed by atoms with van der Waals surface area (Å²) < 4.78 is 86.0. The van der Waals surface area contributed by atoms with Crippen LogP contribution in [-0.2, 0) is 29.1 Å². The number of aromatic nitrogens is 1. The Morgan fingerprint density at radius 3 is 2.43 bits per heavy atom. The number of alkyl carbamates (subject to hydrolysis) is 1. The quantitative estimate of drug-likeness (QED) is 0.188. The smallest absolute Gasteiger partial charge is 0.408 e. The molecule has 3 N–H and O–H groups in total. The van der Waals surface area contributed by atoms with Crippen molar-refractivity contribution in [3.05, 3.63) is 54.6 Å². The molecular weight excluding hydrogens is 893 g/mol. The van der Waals surface area contributed by atoms with Gasteiger partial charge in [0.25, 0.3) is 11.8 Å². The van der Waals surface area contributed by atoms with Gasteiger partial charge in [0.1, 0.15) is 42.7 Å². The second-order valence-electron chi connectivity index (χ2n) is 19.6. The summed E-state index contributed by atoms with van der Waals surface area (Å²) >= 11 is 0. The van der Waals surface area contributed by atoms with Crippen molar-refractivity contribution >= 4 is 44.6 Å². The maximum atomic E-state index is 15.1. The Bertz CT molecular complexity index is 2600. The second kappa shape index (κ2) is 17.7. The van der Waals surface area contributed by atoms with E-state index in [1.807, 2.05) is 43.3 Å². The van der Waals surface area contributed by atoms with Crippen LogP contribution in [0.5, 0.6) is 23.1 Å². The van der Waals surface area contributed by atoms with Crippen LogP contribution in [-0.4, -0.2) is 109 Å². The van der Waals surface area contributed by atoms with Gasteiger partial charge in [-0.05, 0) is 119 Å². The van der Waals surface area contributed by atoms with Gasteiger partial charge in [0.15, 0.2) is 17.1 Å². The summed E-state index contributed by atoms with van der Waals surface area (Å²) in [6.07, 6.45) is 3.96. The van der Waals surface area contributed by atoms with E-state index in [0.29, 0.717) is 91.5 Å². The highest BCUT2D eigenvalue weighted by molar-refractivity contribution is 7.91. The van der Waals surface area contributed by atoms with Crippen LogP contribution in [0.3, 0.4) is 0 Å².